The molecule has 0 radical (unpaired) electrons. The van der Waals surface area contributed by atoms with E-state index in [1.165, 1.54) is 5.32 Å². The van der Waals surface area contributed by atoms with Crippen LogP contribution in [0.3, 0.4) is 0 Å². The summed E-state index contributed by atoms with van der Waals surface area (Å²) in [6, 6.07) is -4.77. The van der Waals surface area contributed by atoms with Crippen LogP contribution in [0, 0.1) is 58.2 Å². The van der Waals surface area contributed by atoms with E-state index in [0.717, 1.165) is 32.1 Å². The van der Waals surface area contributed by atoms with Crippen molar-refractivity contribution in [3.05, 3.63) is 58.2 Å². The normalized spacial score (nSPS) is 12.0. The van der Waals surface area contributed by atoms with Crippen LogP contribution in [0.2, 0.25) is 0 Å². The Labute approximate surface area is 212 Å². The van der Waals surface area contributed by atoms with Gasteiger partial charge in [0.2, 0.25) is 11.6 Å². The Kier molecular flexibility index (Phi) is 12.4. The van der Waals surface area contributed by atoms with Crippen LogP contribution in [0.1, 0.15) is 51.9 Å². The monoisotopic (exact) mass is 595 g/mol. The molecule has 0 saturated carbocycles. The smallest absolute Gasteiger partial charge is 0.250 e. The molecule has 0 unspecified atom stereocenters. The van der Waals surface area contributed by atoms with Gasteiger partial charge in [0.05, 0.1) is 11.1 Å². The highest BCUT2D eigenvalue weighted by Crippen LogP contribution is 2.37. The molecule has 1 N–H and O–H groups in total. The first kappa shape index (κ1) is 34.4. The number of unbranched alkanes of at least 4 members (excludes halogenated alkanes) is 6. The third kappa shape index (κ3) is 8.18. The highest BCUT2D eigenvalue weighted by molar-refractivity contribution is 5.67. The molecule has 0 bridgehead atoms. The number of halogens is 15. The second kappa shape index (κ2) is 14.1. The fraction of sp³-hybridized carbons (Fsp3) is 0.478. The molecule has 2 aromatic carbocycles. The maximum absolute atomic E-state index is 13.4. The summed E-state index contributed by atoms with van der Waals surface area (Å²) in [7, 11) is 0. The number of hydrogen-bond acceptors (Lipinski definition) is 1. The van der Waals surface area contributed by atoms with Gasteiger partial charge in [0.1, 0.15) is 0 Å². The number of nitrogens with one attached hydrogen (secondary N) is 1. The van der Waals surface area contributed by atoms with Crippen molar-refractivity contribution >= 4 is 0 Å². The van der Waals surface area contributed by atoms with Crippen LogP contribution in [-0.2, 0) is 0 Å². The molecule has 0 aliphatic heterocycles. The summed E-state index contributed by atoms with van der Waals surface area (Å²) in [6.45, 7) is 1.78. The van der Waals surface area contributed by atoms with Crippen LogP contribution in [0.25, 0.3) is 11.1 Å². The molecule has 0 aromatic heterocycles. The van der Waals surface area contributed by atoms with Gasteiger partial charge < -0.3 is 0 Å². The molecule has 2 rings (SSSR count). The van der Waals surface area contributed by atoms with Gasteiger partial charge in [-0.15, -0.1) is 0 Å². The predicted molar refractivity (Wildman–Crippen MR) is 108 cm³/mol. The van der Waals surface area contributed by atoms with Gasteiger partial charge in [-0.3, -0.25) is 5.32 Å². The molecular weight excluding hydrogens is 575 g/mol. The SMILES string of the molecule is CCCCCCCCCNC(F)(F)C(F)(F)F.Fc1c(F)c(F)c(-c2c(F)c(F)c(F)c(F)c2F)c(F)c1F. The van der Waals surface area contributed by atoms with E-state index in [-0.39, 0.29) is 6.54 Å². The van der Waals surface area contributed by atoms with Crippen molar-refractivity contribution in [3.63, 3.8) is 0 Å². The molecule has 39 heavy (non-hydrogen) atoms. The lowest BCUT2D eigenvalue weighted by molar-refractivity contribution is -0.295. The van der Waals surface area contributed by atoms with Crippen LogP contribution in [0.4, 0.5) is 65.9 Å². The second-order valence-electron chi connectivity index (χ2n) is 8.01. The van der Waals surface area contributed by atoms with Gasteiger partial charge in [0.15, 0.2) is 46.5 Å². The fourth-order valence-electron chi connectivity index (χ4n) is 3.08. The van der Waals surface area contributed by atoms with E-state index < -0.39 is 81.5 Å². The Morgan fingerprint density at radius 1 is 0.436 bits per heavy atom. The zero-order chi connectivity index (χ0) is 30.3. The molecule has 1 nitrogen and oxygen atoms in total. The minimum atomic E-state index is -5.51. The van der Waals surface area contributed by atoms with Crippen LogP contribution >= 0.6 is 0 Å². The van der Waals surface area contributed by atoms with Crippen molar-refractivity contribution in [2.24, 2.45) is 0 Å². The highest BCUT2D eigenvalue weighted by atomic mass is 19.4. The zero-order valence-electron chi connectivity index (χ0n) is 19.8. The van der Waals surface area contributed by atoms with Crippen molar-refractivity contribution in [2.75, 3.05) is 6.54 Å². The summed E-state index contributed by atoms with van der Waals surface area (Å²) in [6.07, 6.45) is 0.797. The summed E-state index contributed by atoms with van der Waals surface area (Å²) >= 11 is 0. The van der Waals surface area contributed by atoms with E-state index in [1.807, 2.05) is 0 Å². The minimum absolute atomic E-state index is 0.305. The third-order valence-electron chi connectivity index (χ3n) is 5.15. The summed E-state index contributed by atoms with van der Waals surface area (Å²) in [5, 5.41) is 1.24. The molecule has 16 heteroatoms. The minimum Gasteiger partial charge on any atom is -0.250 e. The van der Waals surface area contributed by atoms with Gasteiger partial charge in [-0.2, -0.15) is 22.0 Å². The molecule has 2 aromatic rings. The Hall–Kier alpha value is -2.65. The van der Waals surface area contributed by atoms with Crippen molar-refractivity contribution in [1.29, 1.82) is 0 Å². The maximum Gasteiger partial charge on any atom is 0.469 e. The molecular formula is C23H20F15N. The zero-order valence-corrected chi connectivity index (χ0v) is 19.8. The average molecular weight is 595 g/mol. The molecule has 0 saturated heterocycles. The lowest BCUT2D eigenvalue weighted by Gasteiger charge is -2.20. The molecule has 0 atom stereocenters. The summed E-state index contributed by atoms with van der Waals surface area (Å²) < 4.78 is 191. The van der Waals surface area contributed by atoms with Gasteiger partial charge in [-0.25, -0.2) is 43.9 Å². The fourth-order valence-corrected chi connectivity index (χ4v) is 3.08. The van der Waals surface area contributed by atoms with Gasteiger partial charge >= 0.3 is 12.2 Å². The van der Waals surface area contributed by atoms with Crippen LogP contribution < -0.4 is 5.32 Å². The maximum atomic E-state index is 13.4. The summed E-state index contributed by atoms with van der Waals surface area (Å²) in [4.78, 5) is 0. The predicted octanol–water partition coefficient (Wildman–Crippen LogP) is 9.23. The molecule has 0 heterocycles. The molecule has 0 spiro atoms. The first-order chi connectivity index (χ1) is 17.9. The van der Waals surface area contributed by atoms with E-state index in [2.05, 4.69) is 6.92 Å². The van der Waals surface area contributed by atoms with Crippen molar-refractivity contribution in [1.82, 2.24) is 5.32 Å². The molecule has 0 aliphatic rings. The van der Waals surface area contributed by atoms with E-state index in [1.54, 1.807) is 0 Å². The Balaban J connectivity index is 0.000000406. The number of benzene rings is 2. The van der Waals surface area contributed by atoms with Crippen molar-refractivity contribution in [2.45, 2.75) is 64.1 Å². The molecule has 0 amide bonds. The Morgan fingerprint density at radius 3 is 1.03 bits per heavy atom. The molecule has 222 valence electrons. The lowest BCUT2D eigenvalue weighted by atomic mass is 10.0. The third-order valence-corrected chi connectivity index (χ3v) is 5.15. The highest BCUT2D eigenvalue weighted by Gasteiger charge is 2.57. The largest absolute Gasteiger partial charge is 0.469 e. The second-order valence-corrected chi connectivity index (χ2v) is 8.01. The topological polar surface area (TPSA) is 12.0 Å². The summed E-state index contributed by atoms with van der Waals surface area (Å²) in [5.74, 6) is -26.6. The number of hydrogen-bond donors (Lipinski definition) is 1. The Morgan fingerprint density at radius 2 is 0.718 bits per heavy atom. The molecule has 0 aliphatic carbocycles. The standard InChI is InChI=1S/C12F10.C11H20F5N/c13-3-1(4(14)8(18)11(21)7(3)17)2-5(15)9(19)12(22)10(20)6(2)16;1-2-3-4-5-6-7-8-9-17-11(15,16)10(12,13)14/h;17H,2-9H2,1H3. The Bertz CT molecular complexity index is 1000. The average Bonchev–Trinajstić information content (AvgIpc) is 2.87. The van der Waals surface area contributed by atoms with Crippen molar-refractivity contribution in [3.8, 4) is 11.1 Å². The van der Waals surface area contributed by atoms with E-state index in [0.29, 0.717) is 12.8 Å². The molecule has 0 fully saturated rings. The van der Waals surface area contributed by atoms with Gasteiger partial charge in [-0.1, -0.05) is 45.4 Å². The van der Waals surface area contributed by atoms with E-state index >= 15 is 0 Å². The van der Waals surface area contributed by atoms with Crippen LogP contribution in [0.5, 0.6) is 0 Å². The van der Waals surface area contributed by atoms with E-state index in [9.17, 15) is 65.9 Å². The van der Waals surface area contributed by atoms with Gasteiger partial charge in [0, 0.05) is 6.54 Å². The first-order valence-electron chi connectivity index (χ1n) is 11.1. The quantitative estimate of drug-likeness (QED) is 0.0950. The van der Waals surface area contributed by atoms with Gasteiger partial charge in [0.25, 0.3) is 0 Å². The lowest BCUT2D eigenvalue weighted by Crippen LogP contribution is -2.49. The number of rotatable bonds is 10. The van der Waals surface area contributed by atoms with E-state index in [4.69, 9.17) is 0 Å². The van der Waals surface area contributed by atoms with Crippen molar-refractivity contribution < 1.29 is 65.9 Å². The van der Waals surface area contributed by atoms with Gasteiger partial charge in [-0.05, 0) is 6.42 Å². The van der Waals surface area contributed by atoms with Crippen LogP contribution in [-0.4, -0.2) is 18.8 Å². The number of alkyl halides is 5. The summed E-state index contributed by atoms with van der Waals surface area (Å²) in [5.41, 5.74) is -4.52. The van der Waals surface area contributed by atoms with Crippen LogP contribution in [0.15, 0.2) is 0 Å². The first-order valence-corrected chi connectivity index (χ1v) is 11.1.